The van der Waals surface area contributed by atoms with E-state index in [0.29, 0.717) is 0 Å². The minimum absolute atomic E-state index is 0.440. The molecule has 0 aromatic heterocycles. The Morgan fingerprint density at radius 3 is 1.95 bits per heavy atom. The molecule has 3 heteroatoms. The molecule has 37 heavy (non-hydrogen) atoms. The second-order valence-electron chi connectivity index (χ2n) is 10.1. The molecule has 2 aromatic carbocycles. The number of nitrogens with two attached hydrogens (primary N) is 1. The fraction of sp³-hybridized carbons (Fsp3) is 0.529. The summed E-state index contributed by atoms with van der Waals surface area (Å²) in [6.07, 6.45) is 13.2. The molecule has 0 unspecified atom stereocenters. The van der Waals surface area contributed by atoms with Crippen LogP contribution in [0.4, 0.5) is 0 Å². The molecule has 0 bridgehead atoms. The molecule has 3 N–H and O–H groups in total. The third-order valence-corrected chi connectivity index (χ3v) is 6.13. The zero-order chi connectivity index (χ0) is 28.5. The van der Waals surface area contributed by atoms with E-state index >= 15 is 0 Å². The van der Waals surface area contributed by atoms with Crippen LogP contribution in [-0.4, -0.2) is 24.5 Å². The molecule has 0 amide bonds. The number of hydrogen-bond donors (Lipinski definition) is 2. The van der Waals surface area contributed by atoms with E-state index in [4.69, 9.17) is 0 Å². The SMILES string of the molecule is C=C(C)Cc1ccccc1C.C=CC.CCC.CCCCB1CCC(O)(Cc2ccccc2)CC1.CN. The lowest BCUT2D eigenvalue weighted by Crippen LogP contribution is -2.38. The molecule has 1 heterocycles. The first-order valence-corrected chi connectivity index (χ1v) is 14.3. The highest BCUT2D eigenvalue weighted by Crippen LogP contribution is 2.33. The predicted molar refractivity (Wildman–Crippen MR) is 171 cm³/mol. The molecule has 208 valence electrons. The van der Waals surface area contributed by atoms with Gasteiger partial charge in [-0.1, -0.05) is 132 Å². The maximum atomic E-state index is 10.7. The molecular weight excluding hydrogens is 449 g/mol. The van der Waals surface area contributed by atoms with Crippen LogP contribution in [0.25, 0.3) is 0 Å². The van der Waals surface area contributed by atoms with E-state index in [9.17, 15) is 5.11 Å². The number of allylic oxidation sites excluding steroid dienone is 2. The van der Waals surface area contributed by atoms with Gasteiger partial charge in [0.1, 0.15) is 6.71 Å². The van der Waals surface area contributed by atoms with Crippen molar-refractivity contribution >= 4 is 6.71 Å². The van der Waals surface area contributed by atoms with Crippen LogP contribution in [0.1, 0.15) is 83.4 Å². The van der Waals surface area contributed by atoms with Crippen molar-refractivity contribution in [3.63, 3.8) is 0 Å². The van der Waals surface area contributed by atoms with Crippen molar-refractivity contribution in [2.75, 3.05) is 7.05 Å². The van der Waals surface area contributed by atoms with Crippen LogP contribution in [0.3, 0.4) is 0 Å². The maximum Gasteiger partial charge on any atom is 0.140 e. The number of aliphatic hydroxyl groups is 1. The van der Waals surface area contributed by atoms with Gasteiger partial charge < -0.3 is 10.8 Å². The summed E-state index contributed by atoms with van der Waals surface area (Å²) in [6, 6.07) is 18.8. The van der Waals surface area contributed by atoms with Crippen LogP contribution < -0.4 is 5.73 Å². The van der Waals surface area contributed by atoms with Crippen molar-refractivity contribution in [2.24, 2.45) is 5.73 Å². The smallest absolute Gasteiger partial charge is 0.140 e. The Morgan fingerprint density at radius 1 is 1.00 bits per heavy atom. The summed E-state index contributed by atoms with van der Waals surface area (Å²) in [5, 5.41) is 10.7. The lowest BCUT2D eigenvalue weighted by molar-refractivity contribution is 0.0280. The molecule has 3 rings (SSSR count). The summed E-state index contributed by atoms with van der Waals surface area (Å²) >= 11 is 0. The molecule has 0 radical (unpaired) electrons. The second-order valence-corrected chi connectivity index (χ2v) is 10.1. The largest absolute Gasteiger partial charge is 0.390 e. The molecule has 2 aromatic rings. The molecule has 1 aliphatic rings. The van der Waals surface area contributed by atoms with Gasteiger partial charge in [-0.05, 0) is 63.8 Å². The van der Waals surface area contributed by atoms with Crippen LogP contribution in [0.15, 0.2) is 79.4 Å². The number of hydrogen-bond acceptors (Lipinski definition) is 2. The fourth-order valence-electron chi connectivity index (χ4n) is 4.28. The van der Waals surface area contributed by atoms with E-state index in [-0.39, 0.29) is 0 Å². The van der Waals surface area contributed by atoms with E-state index in [1.54, 1.807) is 6.08 Å². The lowest BCUT2D eigenvalue weighted by atomic mass is 9.37. The van der Waals surface area contributed by atoms with Crippen molar-refractivity contribution in [1.82, 2.24) is 0 Å². The molecule has 1 fully saturated rings. The van der Waals surface area contributed by atoms with Gasteiger partial charge in [0.05, 0.1) is 5.60 Å². The first-order valence-electron chi connectivity index (χ1n) is 14.3. The van der Waals surface area contributed by atoms with Crippen LogP contribution >= 0.6 is 0 Å². The molecule has 2 nitrogen and oxygen atoms in total. The molecule has 0 aliphatic carbocycles. The molecule has 1 aliphatic heterocycles. The number of rotatable bonds is 7. The average molecular weight is 508 g/mol. The van der Waals surface area contributed by atoms with Gasteiger partial charge in [0.25, 0.3) is 0 Å². The Balaban J connectivity index is 0. The number of aryl methyl sites for hydroxylation is 1. The van der Waals surface area contributed by atoms with Crippen molar-refractivity contribution in [2.45, 2.75) is 111 Å². The Kier molecular flexibility index (Phi) is 24.3. The van der Waals surface area contributed by atoms with Crippen molar-refractivity contribution in [3.8, 4) is 0 Å². The summed E-state index contributed by atoms with van der Waals surface area (Å²) in [5.74, 6) is 0. The Labute approximate surface area is 231 Å². The minimum Gasteiger partial charge on any atom is -0.390 e. The van der Waals surface area contributed by atoms with Gasteiger partial charge >= 0.3 is 0 Å². The van der Waals surface area contributed by atoms with Gasteiger partial charge in [0.15, 0.2) is 0 Å². The maximum absolute atomic E-state index is 10.7. The van der Waals surface area contributed by atoms with Gasteiger partial charge in [-0.25, -0.2) is 0 Å². The van der Waals surface area contributed by atoms with Gasteiger partial charge in [0.2, 0.25) is 0 Å². The highest BCUT2D eigenvalue weighted by Gasteiger charge is 2.34. The van der Waals surface area contributed by atoms with E-state index in [1.165, 1.54) is 67.5 Å². The lowest BCUT2D eigenvalue weighted by Gasteiger charge is -2.35. The summed E-state index contributed by atoms with van der Waals surface area (Å²) in [7, 11) is 1.50. The Hall–Kier alpha value is -2.10. The van der Waals surface area contributed by atoms with Crippen LogP contribution in [0.2, 0.25) is 19.0 Å². The third-order valence-electron chi connectivity index (χ3n) is 6.13. The van der Waals surface area contributed by atoms with Crippen LogP contribution in [0.5, 0.6) is 0 Å². The van der Waals surface area contributed by atoms with Crippen molar-refractivity contribution in [3.05, 3.63) is 96.1 Å². The monoisotopic (exact) mass is 507 g/mol. The van der Waals surface area contributed by atoms with Gasteiger partial charge in [-0.2, -0.15) is 0 Å². The summed E-state index contributed by atoms with van der Waals surface area (Å²) in [4.78, 5) is 0. The quantitative estimate of drug-likeness (QED) is 0.290. The van der Waals surface area contributed by atoms with E-state index in [1.807, 2.05) is 13.0 Å². The van der Waals surface area contributed by atoms with Gasteiger partial charge in [0, 0.05) is 6.42 Å². The Bertz CT molecular complexity index is 794. The summed E-state index contributed by atoms with van der Waals surface area (Å²) in [5.41, 5.74) is 9.30. The highest BCUT2D eigenvalue weighted by molar-refractivity contribution is 6.59. The van der Waals surface area contributed by atoms with Crippen molar-refractivity contribution in [1.29, 1.82) is 0 Å². The number of benzene rings is 2. The predicted octanol–water partition coefficient (Wildman–Crippen LogP) is 9.35. The van der Waals surface area contributed by atoms with Crippen LogP contribution in [-0.2, 0) is 12.8 Å². The molecular formula is C34H58BNO. The molecule has 1 saturated heterocycles. The summed E-state index contributed by atoms with van der Waals surface area (Å²) in [6.45, 7) is 20.7. The Morgan fingerprint density at radius 2 is 1.49 bits per heavy atom. The van der Waals surface area contributed by atoms with Crippen LogP contribution in [0, 0.1) is 6.92 Å². The zero-order valence-corrected chi connectivity index (χ0v) is 25.4. The fourth-order valence-corrected chi connectivity index (χ4v) is 4.28. The van der Waals surface area contributed by atoms with Crippen molar-refractivity contribution < 1.29 is 5.11 Å². The molecule has 0 spiro atoms. The first kappa shape index (κ1) is 37.1. The van der Waals surface area contributed by atoms with E-state index in [0.717, 1.165) is 32.4 Å². The molecule has 0 saturated carbocycles. The molecule has 0 atom stereocenters. The highest BCUT2D eigenvalue weighted by atomic mass is 16.3. The first-order chi connectivity index (χ1) is 17.7. The third kappa shape index (κ3) is 19.7. The second kappa shape index (κ2) is 24.3. The average Bonchev–Trinajstić information content (AvgIpc) is 2.88. The number of unbranched alkanes of at least 4 members (excludes halogenated alkanes) is 1. The topological polar surface area (TPSA) is 46.2 Å². The van der Waals surface area contributed by atoms with Gasteiger partial charge in [-0.15, -0.1) is 6.58 Å². The summed E-state index contributed by atoms with van der Waals surface area (Å²) < 4.78 is 0. The minimum atomic E-state index is -0.440. The normalized spacial score (nSPS) is 13.1. The standard InChI is InChI=1S/C16H25BO.C11H14.C3H8.C3H6.CH5N/c1-2-3-11-17-12-9-16(18,10-13-17)14-15-7-5-4-6-8-15;1-9(2)8-11-7-5-4-6-10(11)3;2*1-3-2;1-2/h4-8,18H,2-3,9-14H2,1H3;4-7H,1,8H2,2-3H3;3H2,1-2H3;3H,1H2,2H3;2H2,1H3. The van der Waals surface area contributed by atoms with E-state index in [2.05, 4.69) is 102 Å². The van der Waals surface area contributed by atoms with E-state index < -0.39 is 5.60 Å². The zero-order valence-electron chi connectivity index (χ0n) is 25.4. The van der Waals surface area contributed by atoms with Gasteiger partial charge in [-0.3, -0.25) is 0 Å².